The number of aromatic hydroxyl groups is 1. The Morgan fingerprint density at radius 2 is 1.96 bits per heavy atom. The van der Waals surface area contributed by atoms with Crippen molar-refractivity contribution in [1.82, 2.24) is 5.43 Å². The summed E-state index contributed by atoms with van der Waals surface area (Å²) < 4.78 is 28.0. The summed E-state index contributed by atoms with van der Waals surface area (Å²) in [6, 6.07) is 8.21. The van der Waals surface area contributed by atoms with Crippen LogP contribution in [0.5, 0.6) is 11.5 Å². The molecule has 10 heteroatoms. The van der Waals surface area contributed by atoms with E-state index in [9.17, 15) is 18.3 Å². The van der Waals surface area contributed by atoms with Gasteiger partial charge in [-0.15, -0.1) is 0 Å². The average molecular weight is 398 g/mol. The number of phenols is 1. The van der Waals surface area contributed by atoms with Crippen LogP contribution in [0.3, 0.4) is 0 Å². The minimum absolute atomic E-state index is 0.00448. The van der Waals surface area contributed by atoms with E-state index in [0.29, 0.717) is 17.0 Å². The molecule has 0 saturated carbocycles. The van der Waals surface area contributed by atoms with Gasteiger partial charge in [-0.3, -0.25) is 4.79 Å². The molecule has 8 nitrogen and oxygen atoms in total. The van der Waals surface area contributed by atoms with Crippen molar-refractivity contribution in [2.75, 3.05) is 7.11 Å². The Kier molecular flexibility index (Phi) is 5.86. The molecule has 0 unspecified atom stereocenters. The molecule has 0 spiro atoms. The molecular weight excluding hydrogens is 382 g/mol. The van der Waals surface area contributed by atoms with E-state index in [1.54, 1.807) is 19.1 Å². The molecule has 138 valence electrons. The second-order valence-electron chi connectivity index (χ2n) is 5.21. The molecule has 2 aromatic carbocycles. The van der Waals surface area contributed by atoms with E-state index < -0.39 is 15.9 Å². The summed E-state index contributed by atoms with van der Waals surface area (Å²) in [6.45, 7) is 1.58. The Balaban J connectivity index is 2.27. The van der Waals surface area contributed by atoms with Crippen molar-refractivity contribution in [3.05, 3.63) is 52.5 Å². The molecule has 0 radical (unpaired) electrons. The third kappa shape index (κ3) is 4.51. The Morgan fingerprint density at radius 3 is 2.58 bits per heavy atom. The van der Waals surface area contributed by atoms with Gasteiger partial charge in [0.25, 0.3) is 5.91 Å². The highest BCUT2D eigenvalue weighted by Crippen LogP contribution is 2.24. The van der Waals surface area contributed by atoms with Gasteiger partial charge in [0, 0.05) is 11.1 Å². The highest BCUT2D eigenvalue weighted by Gasteiger charge is 2.16. The second kappa shape index (κ2) is 7.73. The molecule has 4 N–H and O–H groups in total. The number of nitrogens with zero attached hydrogens (tertiary/aromatic N) is 1. The summed E-state index contributed by atoms with van der Waals surface area (Å²) >= 11 is 5.78. The van der Waals surface area contributed by atoms with Crippen molar-refractivity contribution in [3.8, 4) is 11.5 Å². The minimum Gasteiger partial charge on any atom is -0.507 e. The highest BCUT2D eigenvalue weighted by atomic mass is 35.5. The molecule has 2 rings (SSSR count). The number of halogens is 1. The largest absolute Gasteiger partial charge is 0.507 e. The summed E-state index contributed by atoms with van der Waals surface area (Å²) in [4.78, 5) is 11.8. The number of nitrogens with two attached hydrogens (primary N) is 1. The van der Waals surface area contributed by atoms with Gasteiger partial charge in [0.1, 0.15) is 16.4 Å². The van der Waals surface area contributed by atoms with Crippen LogP contribution in [0.2, 0.25) is 5.02 Å². The van der Waals surface area contributed by atoms with Gasteiger partial charge in [-0.05, 0) is 43.3 Å². The van der Waals surface area contributed by atoms with Crippen LogP contribution < -0.4 is 15.3 Å². The number of sulfonamides is 1. The Bertz CT molecular complexity index is 989. The lowest BCUT2D eigenvalue weighted by atomic mass is 10.1. The quantitative estimate of drug-likeness (QED) is 0.523. The van der Waals surface area contributed by atoms with Crippen LogP contribution in [-0.4, -0.2) is 32.3 Å². The molecule has 2 aromatic rings. The summed E-state index contributed by atoms with van der Waals surface area (Å²) in [6.07, 6.45) is 0. The van der Waals surface area contributed by atoms with E-state index in [1.165, 1.54) is 25.3 Å². The molecule has 0 saturated heterocycles. The van der Waals surface area contributed by atoms with Crippen LogP contribution in [0, 0.1) is 0 Å². The Labute approximate surface area is 155 Å². The van der Waals surface area contributed by atoms with Crippen molar-refractivity contribution in [2.24, 2.45) is 10.2 Å². The van der Waals surface area contributed by atoms with Gasteiger partial charge in [-0.25, -0.2) is 19.0 Å². The molecule has 1 amide bonds. The summed E-state index contributed by atoms with van der Waals surface area (Å²) in [5, 5.41) is 18.8. The van der Waals surface area contributed by atoms with Gasteiger partial charge in [-0.2, -0.15) is 5.10 Å². The number of hydrogen-bond acceptors (Lipinski definition) is 6. The minimum atomic E-state index is -4.07. The lowest BCUT2D eigenvalue weighted by molar-refractivity contribution is 0.0954. The van der Waals surface area contributed by atoms with E-state index in [2.05, 4.69) is 10.5 Å². The number of hydrogen-bond donors (Lipinski definition) is 3. The van der Waals surface area contributed by atoms with Gasteiger partial charge >= 0.3 is 0 Å². The van der Waals surface area contributed by atoms with E-state index in [1.807, 2.05) is 0 Å². The standard InChI is InChI=1S/C16H16ClN3O5S/c1-9(12-8-11(25-2)4-6-14(12)21)19-20-16(22)10-3-5-13(17)15(7-10)26(18,23)24/h3-8,21H,1-2H3,(H,20,22)(H2,18,23,24)/b19-9+. The molecule has 0 aliphatic heterocycles. The summed E-state index contributed by atoms with van der Waals surface area (Å²) in [7, 11) is -2.59. The predicted molar refractivity (Wildman–Crippen MR) is 97.2 cm³/mol. The van der Waals surface area contributed by atoms with E-state index in [-0.39, 0.29) is 21.2 Å². The smallest absolute Gasteiger partial charge is 0.271 e. The van der Waals surface area contributed by atoms with E-state index >= 15 is 0 Å². The summed E-state index contributed by atoms with van der Waals surface area (Å²) in [5.41, 5.74) is 2.96. The normalized spacial score (nSPS) is 11.9. The number of benzene rings is 2. The molecule has 0 aliphatic carbocycles. The number of hydrazone groups is 1. The molecule has 0 aromatic heterocycles. The average Bonchev–Trinajstić information content (AvgIpc) is 2.59. The first-order valence-corrected chi connectivity index (χ1v) is 9.10. The van der Waals surface area contributed by atoms with Crippen LogP contribution >= 0.6 is 11.6 Å². The molecule has 0 atom stereocenters. The number of ether oxygens (including phenoxy) is 1. The zero-order valence-corrected chi connectivity index (χ0v) is 15.4. The molecule has 0 aliphatic rings. The number of methoxy groups -OCH3 is 1. The van der Waals surface area contributed by atoms with Gasteiger partial charge < -0.3 is 9.84 Å². The lowest BCUT2D eigenvalue weighted by Gasteiger charge is -2.08. The fourth-order valence-corrected chi connectivity index (χ4v) is 3.13. The van der Waals surface area contributed by atoms with Crippen molar-refractivity contribution < 1.29 is 23.1 Å². The number of amides is 1. The lowest BCUT2D eigenvalue weighted by Crippen LogP contribution is -2.20. The first-order valence-electron chi connectivity index (χ1n) is 7.18. The monoisotopic (exact) mass is 397 g/mol. The number of rotatable bonds is 5. The Morgan fingerprint density at radius 1 is 1.27 bits per heavy atom. The third-order valence-electron chi connectivity index (χ3n) is 3.42. The maximum Gasteiger partial charge on any atom is 0.271 e. The van der Waals surface area contributed by atoms with Gasteiger partial charge in [-0.1, -0.05) is 11.6 Å². The molecule has 0 heterocycles. The highest BCUT2D eigenvalue weighted by molar-refractivity contribution is 7.89. The zero-order valence-electron chi connectivity index (χ0n) is 13.9. The third-order valence-corrected chi connectivity index (χ3v) is 4.81. The van der Waals surface area contributed by atoms with Gasteiger partial charge in [0.15, 0.2) is 0 Å². The fraction of sp³-hybridized carbons (Fsp3) is 0.125. The van der Waals surface area contributed by atoms with Crippen LogP contribution in [0.25, 0.3) is 0 Å². The van der Waals surface area contributed by atoms with E-state index in [0.717, 1.165) is 6.07 Å². The topological polar surface area (TPSA) is 131 Å². The first-order chi connectivity index (χ1) is 12.1. The SMILES string of the molecule is COc1ccc(O)c(/C(C)=N/NC(=O)c2ccc(Cl)c(S(N)(=O)=O)c2)c1. The molecule has 0 fully saturated rings. The van der Waals surface area contributed by atoms with Crippen molar-refractivity contribution in [1.29, 1.82) is 0 Å². The van der Waals surface area contributed by atoms with Crippen LogP contribution in [0.1, 0.15) is 22.8 Å². The van der Waals surface area contributed by atoms with Gasteiger partial charge in [0.05, 0.1) is 17.8 Å². The van der Waals surface area contributed by atoms with Crippen molar-refractivity contribution >= 4 is 33.2 Å². The number of nitrogens with one attached hydrogen (secondary N) is 1. The maximum absolute atomic E-state index is 12.2. The van der Waals surface area contributed by atoms with Crippen molar-refractivity contribution in [2.45, 2.75) is 11.8 Å². The summed E-state index contributed by atoms with van der Waals surface area (Å²) in [5.74, 6) is -0.202. The number of carbonyl (C=O) groups is 1. The van der Waals surface area contributed by atoms with Crippen LogP contribution in [0.15, 0.2) is 46.4 Å². The van der Waals surface area contributed by atoms with Crippen LogP contribution in [0.4, 0.5) is 0 Å². The number of phenolic OH excluding ortho intramolecular Hbond substituents is 1. The number of primary sulfonamides is 1. The predicted octanol–water partition coefficient (Wildman–Crippen LogP) is 1.86. The number of carbonyl (C=O) groups excluding carboxylic acids is 1. The molecular formula is C16H16ClN3O5S. The van der Waals surface area contributed by atoms with Gasteiger partial charge in [0.2, 0.25) is 10.0 Å². The zero-order chi connectivity index (χ0) is 19.5. The molecule has 26 heavy (non-hydrogen) atoms. The van der Waals surface area contributed by atoms with Crippen LogP contribution in [-0.2, 0) is 10.0 Å². The fourth-order valence-electron chi connectivity index (χ4n) is 2.05. The first kappa shape index (κ1) is 19.7. The molecule has 0 bridgehead atoms. The van der Waals surface area contributed by atoms with E-state index in [4.69, 9.17) is 21.5 Å². The maximum atomic E-state index is 12.2. The van der Waals surface area contributed by atoms with Crippen molar-refractivity contribution in [3.63, 3.8) is 0 Å². The Hall–Kier alpha value is -2.62. The second-order valence-corrected chi connectivity index (χ2v) is 7.15.